The fourth-order valence-corrected chi connectivity index (χ4v) is 3.27. The second kappa shape index (κ2) is 6.94. The number of rotatable bonds is 3. The van der Waals surface area contributed by atoms with Crippen LogP contribution < -0.4 is 10.5 Å². The lowest BCUT2D eigenvalue weighted by atomic mass is 10.2. The number of hydrogen-bond acceptors (Lipinski definition) is 6. The normalized spacial score (nSPS) is 15.1. The summed E-state index contributed by atoms with van der Waals surface area (Å²) >= 11 is 0. The largest absolute Gasteiger partial charge is 0.353 e. The van der Waals surface area contributed by atoms with Gasteiger partial charge in [-0.25, -0.2) is 9.97 Å². The van der Waals surface area contributed by atoms with Crippen LogP contribution in [0.25, 0.3) is 5.65 Å². The molecule has 0 saturated carbocycles. The standard InChI is InChI=1S/C19H18N6O/c20-13-15-4-3-6-21-19(15)24-10-8-23(9-11-24)14-16-12-18(26)25-7-2-1-5-17(25)22-16/h1-7,12H,8-11,14H2. The van der Waals surface area contributed by atoms with Crippen molar-refractivity contribution in [1.82, 2.24) is 19.3 Å². The zero-order valence-electron chi connectivity index (χ0n) is 14.2. The van der Waals surface area contributed by atoms with Gasteiger partial charge in [0.05, 0.1) is 11.3 Å². The number of piperazine rings is 1. The van der Waals surface area contributed by atoms with Crippen LogP contribution in [0.2, 0.25) is 0 Å². The van der Waals surface area contributed by atoms with Crippen LogP contribution in [0, 0.1) is 11.3 Å². The number of hydrogen-bond donors (Lipinski definition) is 0. The van der Waals surface area contributed by atoms with E-state index in [9.17, 15) is 10.1 Å². The molecule has 0 aromatic carbocycles. The maximum Gasteiger partial charge on any atom is 0.258 e. The predicted molar refractivity (Wildman–Crippen MR) is 97.9 cm³/mol. The molecule has 0 aliphatic carbocycles. The highest BCUT2D eigenvalue weighted by Crippen LogP contribution is 2.18. The highest BCUT2D eigenvalue weighted by molar-refractivity contribution is 5.53. The van der Waals surface area contributed by atoms with Gasteiger partial charge in [-0.2, -0.15) is 5.26 Å². The number of fused-ring (bicyclic) bond motifs is 1. The van der Waals surface area contributed by atoms with Gasteiger partial charge < -0.3 is 4.90 Å². The van der Waals surface area contributed by atoms with E-state index in [0.717, 1.165) is 37.7 Å². The molecule has 1 saturated heterocycles. The second-order valence-electron chi connectivity index (χ2n) is 6.26. The van der Waals surface area contributed by atoms with Crippen LogP contribution in [0.1, 0.15) is 11.3 Å². The molecule has 130 valence electrons. The van der Waals surface area contributed by atoms with Gasteiger partial charge in [-0.15, -0.1) is 0 Å². The van der Waals surface area contributed by atoms with Crippen molar-refractivity contribution in [1.29, 1.82) is 5.26 Å². The third-order valence-electron chi connectivity index (χ3n) is 4.59. The molecular weight excluding hydrogens is 328 g/mol. The van der Waals surface area contributed by atoms with Crippen LogP contribution in [0.15, 0.2) is 53.6 Å². The van der Waals surface area contributed by atoms with E-state index in [2.05, 4.69) is 25.8 Å². The summed E-state index contributed by atoms with van der Waals surface area (Å²) in [6.45, 7) is 3.88. The highest BCUT2D eigenvalue weighted by atomic mass is 16.1. The van der Waals surface area contributed by atoms with Gasteiger partial charge in [0, 0.05) is 51.2 Å². The van der Waals surface area contributed by atoms with Gasteiger partial charge in [0.15, 0.2) is 0 Å². The van der Waals surface area contributed by atoms with Crippen molar-refractivity contribution in [2.75, 3.05) is 31.1 Å². The fourth-order valence-electron chi connectivity index (χ4n) is 3.27. The zero-order chi connectivity index (χ0) is 17.9. The molecule has 0 bridgehead atoms. The summed E-state index contributed by atoms with van der Waals surface area (Å²) in [6.07, 6.45) is 3.45. The molecule has 1 aliphatic rings. The molecule has 4 heterocycles. The Labute approximate surface area is 150 Å². The van der Waals surface area contributed by atoms with E-state index < -0.39 is 0 Å². The SMILES string of the molecule is N#Cc1cccnc1N1CCN(Cc2cc(=O)n3ccccc3n2)CC1. The Hall–Kier alpha value is -3.24. The molecule has 3 aromatic heterocycles. The van der Waals surface area contributed by atoms with Crippen LogP contribution in [-0.2, 0) is 6.54 Å². The van der Waals surface area contributed by atoms with Gasteiger partial charge in [0.25, 0.3) is 5.56 Å². The van der Waals surface area contributed by atoms with Crippen molar-refractivity contribution in [3.05, 3.63) is 70.4 Å². The lowest BCUT2D eigenvalue weighted by molar-refractivity contribution is 0.246. The summed E-state index contributed by atoms with van der Waals surface area (Å²) in [4.78, 5) is 25.6. The smallest absolute Gasteiger partial charge is 0.258 e. The first kappa shape index (κ1) is 16.2. The van der Waals surface area contributed by atoms with Gasteiger partial charge >= 0.3 is 0 Å². The number of nitriles is 1. The van der Waals surface area contributed by atoms with Crippen molar-refractivity contribution in [3.8, 4) is 6.07 Å². The Kier molecular flexibility index (Phi) is 4.33. The van der Waals surface area contributed by atoms with Crippen molar-refractivity contribution < 1.29 is 0 Å². The minimum atomic E-state index is -0.0589. The second-order valence-corrected chi connectivity index (χ2v) is 6.26. The van der Waals surface area contributed by atoms with E-state index in [1.165, 1.54) is 0 Å². The minimum Gasteiger partial charge on any atom is -0.353 e. The van der Waals surface area contributed by atoms with Crippen LogP contribution in [0.3, 0.4) is 0 Å². The first-order valence-corrected chi connectivity index (χ1v) is 8.54. The van der Waals surface area contributed by atoms with Crippen LogP contribution >= 0.6 is 0 Å². The third kappa shape index (κ3) is 3.15. The molecule has 3 aromatic rings. The van der Waals surface area contributed by atoms with Gasteiger partial charge in [-0.3, -0.25) is 14.1 Å². The maximum atomic E-state index is 12.2. The molecule has 0 unspecified atom stereocenters. The molecular formula is C19H18N6O. The summed E-state index contributed by atoms with van der Waals surface area (Å²) in [5.74, 6) is 0.747. The summed E-state index contributed by atoms with van der Waals surface area (Å²) < 4.78 is 1.55. The van der Waals surface area contributed by atoms with Crippen LogP contribution in [0.5, 0.6) is 0 Å². The first-order chi connectivity index (χ1) is 12.7. The molecule has 4 rings (SSSR count). The third-order valence-corrected chi connectivity index (χ3v) is 4.59. The molecule has 0 amide bonds. The van der Waals surface area contributed by atoms with Gasteiger partial charge in [-0.05, 0) is 24.3 Å². The van der Waals surface area contributed by atoms with E-state index in [-0.39, 0.29) is 5.56 Å². The van der Waals surface area contributed by atoms with Crippen LogP contribution in [0.4, 0.5) is 5.82 Å². The van der Waals surface area contributed by atoms with Gasteiger partial charge in [0.1, 0.15) is 17.5 Å². The molecule has 0 atom stereocenters. The van der Waals surface area contributed by atoms with Crippen molar-refractivity contribution >= 4 is 11.5 Å². The van der Waals surface area contributed by atoms with E-state index in [1.54, 1.807) is 35.0 Å². The molecule has 1 fully saturated rings. The Balaban J connectivity index is 1.46. The maximum absolute atomic E-state index is 12.2. The lowest BCUT2D eigenvalue weighted by Crippen LogP contribution is -2.46. The quantitative estimate of drug-likeness (QED) is 0.711. The highest BCUT2D eigenvalue weighted by Gasteiger charge is 2.20. The summed E-state index contributed by atoms with van der Waals surface area (Å²) in [5, 5.41) is 9.24. The predicted octanol–water partition coefficient (Wildman–Crippen LogP) is 1.28. The fraction of sp³-hybridized carbons (Fsp3) is 0.263. The Bertz CT molecular complexity index is 1030. The van der Waals surface area contributed by atoms with Gasteiger partial charge in [-0.1, -0.05) is 6.07 Å². The number of aromatic nitrogens is 3. The first-order valence-electron chi connectivity index (χ1n) is 8.54. The molecule has 7 heteroatoms. The Morgan fingerprint density at radius 2 is 1.96 bits per heavy atom. The average molecular weight is 346 g/mol. The van der Waals surface area contributed by atoms with Crippen molar-refractivity contribution in [2.24, 2.45) is 0 Å². The van der Waals surface area contributed by atoms with E-state index >= 15 is 0 Å². The molecule has 7 nitrogen and oxygen atoms in total. The number of anilines is 1. The molecule has 0 radical (unpaired) electrons. The van der Waals surface area contributed by atoms with Crippen LogP contribution in [-0.4, -0.2) is 45.4 Å². The summed E-state index contributed by atoms with van der Waals surface area (Å²) in [7, 11) is 0. The van der Waals surface area contributed by atoms with Gasteiger partial charge in [0.2, 0.25) is 0 Å². The summed E-state index contributed by atoms with van der Waals surface area (Å²) in [6, 6.07) is 12.9. The van der Waals surface area contributed by atoms with E-state index in [1.807, 2.05) is 18.2 Å². The zero-order valence-corrected chi connectivity index (χ0v) is 14.2. The molecule has 0 spiro atoms. The molecule has 0 N–H and O–H groups in total. The molecule has 1 aliphatic heterocycles. The summed E-state index contributed by atoms with van der Waals surface area (Å²) in [5.41, 5.74) is 1.99. The number of nitrogens with zero attached hydrogens (tertiary/aromatic N) is 6. The average Bonchev–Trinajstić information content (AvgIpc) is 2.69. The Morgan fingerprint density at radius 1 is 1.12 bits per heavy atom. The van der Waals surface area contributed by atoms with E-state index in [4.69, 9.17) is 0 Å². The topological polar surface area (TPSA) is 77.5 Å². The lowest BCUT2D eigenvalue weighted by Gasteiger charge is -2.35. The van der Waals surface area contributed by atoms with E-state index in [0.29, 0.717) is 17.8 Å². The Morgan fingerprint density at radius 3 is 2.77 bits per heavy atom. The minimum absolute atomic E-state index is 0.0589. The van der Waals surface area contributed by atoms with Crippen molar-refractivity contribution in [3.63, 3.8) is 0 Å². The monoisotopic (exact) mass is 346 g/mol. The molecule has 26 heavy (non-hydrogen) atoms. The van der Waals surface area contributed by atoms with Crippen molar-refractivity contribution in [2.45, 2.75) is 6.54 Å². The number of pyridine rings is 2.